The third-order valence-electron chi connectivity index (χ3n) is 1.98. The van der Waals surface area contributed by atoms with Crippen LogP contribution in [0.4, 0.5) is 0 Å². The van der Waals surface area contributed by atoms with Gasteiger partial charge in [-0.2, -0.15) is 0 Å². The summed E-state index contributed by atoms with van der Waals surface area (Å²) >= 11 is 0.566. The van der Waals surface area contributed by atoms with Crippen LogP contribution >= 0.6 is 0 Å². The Bertz CT molecular complexity index is 289. The summed E-state index contributed by atoms with van der Waals surface area (Å²) in [6.07, 6.45) is 2.93. The van der Waals surface area contributed by atoms with Crippen molar-refractivity contribution < 1.29 is 0 Å². The molecule has 1 aromatic rings. The summed E-state index contributed by atoms with van der Waals surface area (Å²) in [6.45, 7) is 2.28. The molecule has 0 bridgehead atoms. The van der Waals surface area contributed by atoms with Crippen LogP contribution in [0.2, 0.25) is 4.82 Å². The van der Waals surface area contributed by atoms with Gasteiger partial charge < -0.3 is 0 Å². The van der Waals surface area contributed by atoms with Gasteiger partial charge in [0.1, 0.15) is 0 Å². The van der Waals surface area contributed by atoms with Crippen LogP contribution in [-0.4, -0.2) is 15.0 Å². The second-order valence-corrected chi connectivity index (χ2v) is 6.46. The van der Waals surface area contributed by atoms with Gasteiger partial charge in [-0.05, 0) is 0 Å². The zero-order chi connectivity index (χ0) is 10.2. The Morgan fingerprint density at radius 1 is 1.36 bits per heavy atom. The molecule has 0 aliphatic rings. The molecule has 0 saturated heterocycles. The van der Waals surface area contributed by atoms with Crippen LogP contribution in [-0.2, 0) is 0 Å². The van der Waals surface area contributed by atoms with E-state index in [1.54, 1.807) is 0 Å². The molecule has 0 aliphatic heterocycles. The Kier molecular flexibility index (Phi) is 5.37. The third kappa shape index (κ3) is 4.46. The van der Waals surface area contributed by atoms with Crippen LogP contribution in [0.3, 0.4) is 0 Å². The van der Waals surface area contributed by atoms with Gasteiger partial charge in [0.05, 0.1) is 0 Å². The van der Waals surface area contributed by atoms with Gasteiger partial charge in [0.25, 0.3) is 0 Å². The number of nitrogens with zero attached hydrogens (tertiary/aromatic N) is 1. The molecule has 74 valence electrons. The molecule has 1 unspecified atom stereocenters. The number of hydrogen-bond acceptors (Lipinski definition) is 1. The van der Waals surface area contributed by atoms with Crippen molar-refractivity contribution in [3.63, 3.8) is 0 Å². The fourth-order valence-electron chi connectivity index (χ4n) is 1.26. The number of nitriles is 1. The van der Waals surface area contributed by atoms with Crippen molar-refractivity contribution in [2.75, 3.05) is 0 Å². The van der Waals surface area contributed by atoms with E-state index in [0.29, 0.717) is 21.4 Å². The minimum atomic E-state index is 0.566. The summed E-state index contributed by atoms with van der Waals surface area (Å²) in [4.78, 5) is 0.748. The van der Waals surface area contributed by atoms with E-state index in [-0.39, 0.29) is 0 Å². The van der Waals surface area contributed by atoms with Gasteiger partial charge in [-0.1, -0.05) is 0 Å². The minimum absolute atomic E-state index is 0.566. The Balaban J connectivity index is 2.28. The predicted octanol–water partition coefficient (Wildman–Crippen LogP) is 2.52. The van der Waals surface area contributed by atoms with E-state index < -0.39 is 0 Å². The molecule has 1 aromatic carbocycles. The molecule has 0 radical (unpaired) electrons. The first-order valence-corrected chi connectivity index (χ1v) is 6.76. The van der Waals surface area contributed by atoms with E-state index in [1.165, 1.54) is 10.9 Å². The van der Waals surface area contributed by atoms with Gasteiger partial charge >= 0.3 is 92.1 Å². The van der Waals surface area contributed by atoms with Gasteiger partial charge in [-0.25, -0.2) is 0 Å². The molecule has 14 heavy (non-hydrogen) atoms. The monoisotopic (exact) mass is 253 g/mol. The van der Waals surface area contributed by atoms with E-state index in [2.05, 4.69) is 43.3 Å². The number of rotatable bonds is 5. The van der Waals surface area contributed by atoms with Gasteiger partial charge in [0, 0.05) is 0 Å². The maximum atomic E-state index is 8.42. The average molecular weight is 252 g/mol. The van der Waals surface area contributed by atoms with Crippen molar-refractivity contribution in [1.82, 2.24) is 0 Å². The molecule has 0 amide bonds. The van der Waals surface area contributed by atoms with Crippen LogP contribution in [0.25, 0.3) is 0 Å². The Morgan fingerprint density at radius 2 is 2.07 bits per heavy atom. The Labute approximate surface area is 92.3 Å². The van der Waals surface area contributed by atoms with E-state index in [4.69, 9.17) is 5.26 Å². The third-order valence-corrected chi connectivity index (χ3v) is 4.46. The molecule has 1 nitrogen and oxygen atoms in total. The molecular weight excluding hydrogens is 237 g/mol. The van der Waals surface area contributed by atoms with Crippen LogP contribution in [0.5, 0.6) is 0 Å². The zero-order valence-electron chi connectivity index (χ0n) is 8.44. The summed E-state index contributed by atoms with van der Waals surface area (Å²) < 4.78 is 1.46. The molecule has 0 spiro atoms. The first-order valence-electron chi connectivity index (χ1n) is 4.91. The topological polar surface area (TPSA) is 23.8 Å². The second-order valence-electron chi connectivity index (χ2n) is 3.29. The molecule has 1 rings (SSSR count). The van der Waals surface area contributed by atoms with Crippen molar-refractivity contribution in [2.24, 2.45) is 0 Å². The molecule has 0 N–H and O–H groups in total. The van der Waals surface area contributed by atoms with Crippen LogP contribution in [0.15, 0.2) is 30.3 Å². The normalized spacial score (nSPS) is 12.0. The molecule has 0 aliphatic carbocycles. The first-order chi connectivity index (χ1) is 6.83. The van der Waals surface area contributed by atoms with Gasteiger partial charge in [0.2, 0.25) is 0 Å². The Hall–Kier alpha value is -0.771. The SMILES string of the molecule is CC(CCCC#N)[Se]c1ccccc1. The van der Waals surface area contributed by atoms with Crippen LogP contribution in [0, 0.1) is 11.3 Å². The van der Waals surface area contributed by atoms with Crippen molar-refractivity contribution >= 4 is 19.4 Å². The molecule has 0 heterocycles. The van der Waals surface area contributed by atoms with Crippen LogP contribution in [0.1, 0.15) is 26.2 Å². The van der Waals surface area contributed by atoms with Crippen LogP contribution < -0.4 is 4.46 Å². The Morgan fingerprint density at radius 3 is 2.71 bits per heavy atom. The van der Waals surface area contributed by atoms with Gasteiger partial charge in [-0.3, -0.25) is 0 Å². The summed E-state index contributed by atoms with van der Waals surface area (Å²) in [7, 11) is 0. The quantitative estimate of drug-likeness (QED) is 0.583. The summed E-state index contributed by atoms with van der Waals surface area (Å²) in [6, 6.07) is 12.8. The first kappa shape index (κ1) is 11.3. The predicted molar refractivity (Wildman–Crippen MR) is 60.7 cm³/mol. The van der Waals surface area contributed by atoms with Crippen molar-refractivity contribution in [3.05, 3.63) is 30.3 Å². The summed E-state index contributed by atoms with van der Waals surface area (Å²) in [5.41, 5.74) is 0. The fraction of sp³-hybridized carbons (Fsp3) is 0.417. The zero-order valence-corrected chi connectivity index (χ0v) is 10.2. The van der Waals surface area contributed by atoms with E-state index >= 15 is 0 Å². The van der Waals surface area contributed by atoms with Crippen molar-refractivity contribution in [3.8, 4) is 6.07 Å². The maximum absolute atomic E-state index is 8.42. The van der Waals surface area contributed by atoms with Gasteiger partial charge in [0.15, 0.2) is 0 Å². The summed E-state index contributed by atoms with van der Waals surface area (Å²) in [5.74, 6) is 0. The van der Waals surface area contributed by atoms with Crippen molar-refractivity contribution in [1.29, 1.82) is 5.26 Å². The average Bonchev–Trinajstić information content (AvgIpc) is 2.20. The van der Waals surface area contributed by atoms with Crippen molar-refractivity contribution in [2.45, 2.75) is 31.0 Å². The molecule has 2 heteroatoms. The molecular formula is C12H15NSe. The molecule has 1 atom stereocenters. The number of benzene rings is 1. The molecule has 0 fully saturated rings. The van der Waals surface area contributed by atoms with Gasteiger partial charge in [-0.15, -0.1) is 0 Å². The van der Waals surface area contributed by atoms with E-state index in [0.717, 1.165) is 11.2 Å². The number of hydrogen-bond donors (Lipinski definition) is 0. The fourth-order valence-corrected chi connectivity index (χ4v) is 3.49. The molecule has 0 aromatic heterocycles. The second kappa shape index (κ2) is 6.65. The van der Waals surface area contributed by atoms with E-state index in [1.807, 2.05) is 0 Å². The number of unbranched alkanes of at least 4 members (excludes halogenated alkanes) is 1. The molecule has 0 saturated carbocycles. The van der Waals surface area contributed by atoms with E-state index in [9.17, 15) is 0 Å². The standard InChI is InChI=1S/C12H15NSe/c1-11(7-5-6-10-13)14-12-8-3-2-4-9-12/h2-4,8-9,11H,5-7H2,1H3. The summed E-state index contributed by atoms with van der Waals surface area (Å²) in [5, 5.41) is 8.42.